The molecule has 0 aliphatic heterocycles. The second-order valence-electron chi connectivity index (χ2n) is 3.88. The van der Waals surface area contributed by atoms with E-state index in [1.807, 2.05) is 11.4 Å². The van der Waals surface area contributed by atoms with E-state index in [2.05, 4.69) is 24.0 Å². The monoisotopic (exact) mass is 245 g/mol. The third kappa shape index (κ3) is 2.46. The van der Waals surface area contributed by atoms with E-state index < -0.39 is 14.0 Å². The lowest BCUT2D eigenvalue weighted by molar-refractivity contribution is 0.101. The predicted molar refractivity (Wildman–Crippen MR) is 62.2 cm³/mol. The summed E-state index contributed by atoms with van der Waals surface area (Å²) >= 11 is 1.34. The molecule has 0 aliphatic carbocycles. The van der Waals surface area contributed by atoms with Crippen LogP contribution in [0.2, 0.25) is 19.6 Å². The summed E-state index contributed by atoms with van der Waals surface area (Å²) in [6.45, 7) is 6.49. The minimum Gasteiger partial charge on any atom is -0.265 e. The molecular weight excluding hydrogens is 234 g/mol. The third-order valence-electron chi connectivity index (χ3n) is 1.79. The minimum atomic E-state index is -1.50. The van der Waals surface area contributed by atoms with Gasteiger partial charge in [0.15, 0.2) is 0 Å². The predicted octanol–water partition coefficient (Wildman–Crippen LogP) is 1.83. The number of carbonyl (C=O) groups is 1. The molecule has 0 unspecified atom stereocenters. The van der Waals surface area contributed by atoms with Crippen molar-refractivity contribution in [3.63, 3.8) is 0 Å². The lowest BCUT2D eigenvalue weighted by atomic mass is 10.4. The van der Waals surface area contributed by atoms with Gasteiger partial charge in [-0.1, -0.05) is 25.7 Å². The van der Waals surface area contributed by atoms with E-state index in [9.17, 15) is 9.00 Å². The van der Waals surface area contributed by atoms with Crippen LogP contribution in [0.25, 0.3) is 0 Å². The fraction of sp³-hybridized carbons (Fsp3) is 0.375. The van der Waals surface area contributed by atoms with E-state index in [1.54, 1.807) is 0 Å². The van der Waals surface area contributed by atoms with Gasteiger partial charge in [-0.25, -0.2) is 0 Å². The van der Waals surface area contributed by atoms with E-state index in [0.717, 1.165) is 5.19 Å². The van der Waals surface area contributed by atoms with Crippen molar-refractivity contribution < 1.29 is 9.00 Å². The van der Waals surface area contributed by atoms with Gasteiger partial charge in [-0.2, -0.15) is 4.21 Å². The summed E-state index contributed by atoms with van der Waals surface area (Å²) in [7, 11) is -1.50. The quantitative estimate of drug-likeness (QED) is 0.746. The molecule has 1 aromatic rings. The third-order valence-corrected chi connectivity index (χ3v) is 5.14. The fourth-order valence-corrected chi connectivity index (χ4v) is 4.63. The highest BCUT2D eigenvalue weighted by atomic mass is 32.1. The highest BCUT2D eigenvalue weighted by Crippen LogP contribution is 2.14. The van der Waals surface area contributed by atoms with Gasteiger partial charge in [0.25, 0.3) is 5.91 Å². The molecule has 1 amide bonds. The van der Waals surface area contributed by atoms with E-state index in [0.29, 0.717) is 4.88 Å². The maximum absolute atomic E-state index is 11.4. The molecule has 0 radical (unpaired) electrons. The highest BCUT2D eigenvalue weighted by molar-refractivity contribution is 7.55. The van der Waals surface area contributed by atoms with E-state index >= 15 is 0 Å². The van der Waals surface area contributed by atoms with Crippen LogP contribution in [0.1, 0.15) is 9.67 Å². The molecular formula is C8H11NO2S2Si. The average molecular weight is 245 g/mol. The van der Waals surface area contributed by atoms with Crippen molar-refractivity contribution >= 4 is 42.0 Å². The topological polar surface area (TPSA) is 46.5 Å². The number of carbonyl (C=O) groups excluding carboxylic acids is 1. The van der Waals surface area contributed by atoms with Gasteiger partial charge in [-0.3, -0.25) is 4.79 Å². The molecule has 0 N–H and O–H groups in total. The molecule has 0 aliphatic rings. The van der Waals surface area contributed by atoms with Gasteiger partial charge >= 0.3 is 0 Å². The summed E-state index contributed by atoms with van der Waals surface area (Å²) in [4.78, 5) is 12.1. The Balaban J connectivity index is 3.17. The molecule has 0 saturated heterocycles. The lowest BCUT2D eigenvalue weighted by Crippen LogP contribution is -2.39. The zero-order valence-corrected chi connectivity index (χ0v) is 10.9. The standard InChI is InChI=1S/C8H11NO2S2Si/c1-14(2,3)6-4-5-12-7(6)8(10)9-13-11/h4-5H,1-3H3. The minimum absolute atomic E-state index is 0.0251. The number of thiophene rings is 1. The molecule has 0 aromatic carbocycles. The number of hydrogen-bond acceptors (Lipinski definition) is 3. The van der Waals surface area contributed by atoms with Crippen molar-refractivity contribution in [1.29, 1.82) is 0 Å². The second kappa shape index (κ2) is 4.29. The van der Waals surface area contributed by atoms with Crippen LogP contribution in [-0.4, -0.2) is 18.2 Å². The summed E-state index contributed by atoms with van der Waals surface area (Å²) in [6.07, 6.45) is 0. The lowest BCUT2D eigenvalue weighted by Gasteiger charge is -2.15. The first-order valence-electron chi connectivity index (χ1n) is 4.09. The van der Waals surface area contributed by atoms with Crippen LogP contribution in [0.4, 0.5) is 0 Å². The van der Waals surface area contributed by atoms with Crippen LogP contribution >= 0.6 is 11.3 Å². The van der Waals surface area contributed by atoms with Crippen molar-refractivity contribution in [2.75, 3.05) is 0 Å². The number of hydrogen-bond donors (Lipinski definition) is 0. The van der Waals surface area contributed by atoms with E-state index in [4.69, 9.17) is 0 Å². The second-order valence-corrected chi connectivity index (χ2v) is 10.2. The Labute approximate surface area is 91.4 Å². The van der Waals surface area contributed by atoms with Crippen LogP contribution in [0.3, 0.4) is 0 Å². The van der Waals surface area contributed by atoms with Crippen LogP contribution < -0.4 is 5.19 Å². The molecule has 76 valence electrons. The first-order valence-corrected chi connectivity index (χ1v) is 9.17. The van der Waals surface area contributed by atoms with Gasteiger partial charge in [-0.05, 0) is 10.6 Å². The van der Waals surface area contributed by atoms with Crippen molar-refractivity contribution in [2.24, 2.45) is 4.36 Å². The van der Waals surface area contributed by atoms with Crippen molar-refractivity contribution in [3.8, 4) is 0 Å². The number of rotatable bonds is 2. The molecule has 0 bridgehead atoms. The van der Waals surface area contributed by atoms with Gasteiger partial charge < -0.3 is 0 Å². The van der Waals surface area contributed by atoms with Crippen LogP contribution in [0, 0.1) is 0 Å². The van der Waals surface area contributed by atoms with Crippen LogP contribution in [-0.2, 0) is 11.5 Å². The molecule has 0 saturated carbocycles. The average Bonchev–Trinajstić information content (AvgIpc) is 2.50. The van der Waals surface area contributed by atoms with Gasteiger partial charge in [0.1, 0.15) is 0 Å². The van der Waals surface area contributed by atoms with E-state index in [1.165, 1.54) is 11.3 Å². The Hall–Kier alpha value is -0.593. The summed E-state index contributed by atoms with van der Waals surface area (Å²) in [5.74, 6) is -0.391. The number of amides is 1. The molecule has 14 heavy (non-hydrogen) atoms. The molecule has 1 heterocycles. The first-order chi connectivity index (χ1) is 6.46. The SMILES string of the molecule is C[Si](C)(C)c1ccsc1C(=O)N=S=O. The smallest absolute Gasteiger partial charge is 0.265 e. The molecule has 3 nitrogen and oxygen atoms in total. The maximum atomic E-state index is 11.4. The maximum Gasteiger partial charge on any atom is 0.299 e. The van der Waals surface area contributed by atoms with Crippen molar-refractivity contribution in [3.05, 3.63) is 16.3 Å². The zero-order chi connectivity index (χ0) is 10.8. The van der Waals surface area contributed by atoms with Gasteiger partial charge in [0, 0.05) is 0 Å². The van der Waals surface area contributed by atoms with Gasteiger partial charge in [-0.15, -0.1) is 15.7 Å². The summed E-state index contributed by atoms with van der Waals surface area (Å²) in [5.41, 5.74) is 0. The Morgan fingerprint density at radius 3 is 2.64 bits per heavy atom. The van der Waals surface area contributed by atoms with Gasteiger partial charge in [0.05, 0.1) is 13.0 Å². The molecule has 1 rings (SSSR count). The Kier molecular flexibility index (Phi) is 3.52. The Morgan fingerprint density at radius 1 is 1.50 bits per heavy atom. The Bertz CT molecular complexity index is 402. The largest absolute Gasteiger partial charge is 0.299 e. The highest BCUT2D eigenvalue weighted by Gasteiger charge is 2.24. The van der Waals surface area contributed by atoms with Crippen molar-refractivity contribution in [2.45, 2.75) is 19.6 Å². The molecule has 0 spiro atoms. The molecule has 1 aromatic heterocycles. The number of nitrogens with zero attached hydrogens (tertiary/aromatic N) is 1. The normalized spacial score (nSPS) is 11.1. The van der Waals surface area contributed by atoms with Crippen LogP contribution in [0.5, 0.6) is 0 Å². The zero-order valence-electron chi connectivity index (χ0n) is 8.23. The Morgan fingerprint density at radius 2 is 2.14 bits per heavy atom. The first kappa shape index (κ1) is 11.5. The summed E-state index contributed by atoms with van der Waals surface area (Å²) < 4.78 is 13.4. The summed E-state index contributed by atoms with van der Waals surface area (Å²) in [6, 6.07) is 1.97. The summed E-state index contributed by atoms with van der Waals surface area (Å²) in [5, 5.41) is 2.97. The van der Waals surface area contributed by atoms with Gasteiger partial charge in [0.2, 0.25) is 11.5 Å². The van der Waals surface area contributed by atoms with Crippen LogP contribution in [0.15, 0.2) is 15.8 Å². The van der Waals surface area contributed by atoms with Crippen molar-refractivity contribution in [1.82, 2.24) is 0 Å². The molecule has 0 fully saturated rings. The van der Waals surface area contributed by atoms with E-state index in [-0.39, 0.29) is 11.5 Å². The molecule has 0 atom stereocenters. The fourth-order valence-electron chi connectivity index (χ4n) is 1.14. The molecule has 6 heteroatoms.